The van der Waals surface area contributed by atoms with Crippen LogP contribution in [0.15, 0.2) is 24.3 Å². The summed E-state index contributed by atoms with van der Waals surface area (Å²) in [5.41, 5.74) is 0.578. The van der Waals surface area contributed by atoms with Crippen molar-refractivity contribution in [3.63, 3.8) is 0 Å². The summed E-state index contributed by atoms with van der Waals surface area (Å²) in [5.74, 6) is 1.78. The molecule has 0 unspecified atom stereocenters. The van der Waals surface area contributed by atoms with Gasteiger partial charge in [0.25, 0.3) is 0 Å². The van der Waals surface area contributed by atoms with Crippen LogP contribution in [0.4, 0.5) is 0 Å². The van der Waals surface area contributed by atoms with Gasteiger partial charge >= 0.3 is 5.97 Å². The SMILES string of the molecule is CCCCCCC#COC(=O)/C=C/c1ccc(O)c(O)c1. The maximum absolute atomic E-state index is 11.4. The number of unbranched alkanes of at least 4 members (excludes halogenated alkanes) is 4. The molecule has 0 atom stereocenters. The highest BCUT2D eigenvalue weighted by atomic mass is 16.5. The number of esters is 1. The molecule has 0 saturated carbocycles. The molecular formula is C17H20O4. The van der Waals surface area contributed by atoms with Crippen molar-refractivity contribution in [2.45, 2.75) is 39.0 Å². The molecule has 0 spiro atoms. The quantitative estimate of drug-likeness (QED) is 0.276. The number of ether oxygens (including phenoxy) is 1. The number of phenols is 2. The first kappa shape index (κ1) is 16.6. The first-order valence-electron chi connectivity index (χ1n) is 7.02. The molecule has 0 fully saturated rings. The van der Waals surface area contributed by atoms with Crippen molar-refractivity contribution in [1.82, 2.24) is 0 Å². The number of phenolic OH excluding ortho intramolecular Hbond substituents is 2. The maximum Gasteiger partial charge on any atom is 0.344 e. The summed E-state index contributed by atoms with van der Waals surface area (Å²) in [6, 6.07) is 4.26. The number of benzene rings is 1. The number of carbonyl (C=O) groups is 1. The first-order valence-corrected chi connectivity index (χ1v) is 7.02. The van der Waals surface area contributed by atoms with E-state index in [-0.39, 0.29) is 11.5 Å². The Kier molecular flexibility index (Phi) is 7.52. The Bertz CT molecular complexity index is 550. The van der Waals surface area contributed by atoms with Gasteiger partial charge in [0.15, 0.2) is 11.5 Å². The summed E-state index contributed by atoms with van der Waals surface area (Å²) in [7, 11) is 0. The number of hydrogen-bond acceptors (Lipinski definition) is 4. The molecule has 0 radical (unpaired) electrons. The van der Waals surface area contributed by atoms with E-state index in [0.29, 0.717) is 5.56 Å². The van der Waals surface area contributed by atoms with E-state index in [4.69, 9.17) is 9.84 Å². The Labute approximate surface area is 125 Å². The molecule has 2 N–H and O–H groups in total. The van der Waals surface area contributed by atoms with Crippen LogP contribution in [0.1, 0.15) is 44.6 Å². The predicted octanol–water partition coefficient (Wildman–Crippen LogP) is 3.59. The Morgan fingerprint density at radius 1 is 1.24 bits per heavy atom. The normalized spacial score (nSPS) is 10.1. The van der Waals surface area contributed by atoms with Crippen LogP contribution >= 0.6 is 0 Å². The number of rotatable bonds is 6. The van der Waals surface area contributed by atoms with Gasteiger partial charge in [-0.1, -0.05) is 38.2 Å². The van der Waals surface area contributed by atoms with Gasteiger partial charge in [0, 0.05) is 12.5 Å². The minimum atomic E-state index is -0.566. The Balaban J connectivity index is 2.34. The molecule has 4 nitrogen and oxygen atoms in total. The molecule has 4 heteroatoms. The lowest BCUT2D eigenvalue weighted by molar-refractivity contribution is -0.131. The highest BCUT2D eigenvalue weighted by Gasteiger charge is 1.99. The first-order chi connectivity index (χ1) is 10.1. The van der Waals surface area contributed by atoms with Crippen LogP contribution in [-0.4, -0.2) is 16.2 Å². The summed E-state index contributed by atoms with van der Waals surface area (Å²) in [4.78, 5) is 11.4. The van der Waals surface area contributed by atoms with Gasteiger partial charge in [-0.3, -0.25) is 0 Å². The van der Waals surface area contributed by atoms with E-state index in [2.05, 4.69) is 19.0 Å². The monoisotopic (exact) mass is 288 g/mol. The molecule has 112 valence electrons. The van der Waals surface area contributed by atoms with E-state index in [1.54, 1.807) is 6.07 Å². The van der Waals surface area contributed by atoms with Crippen LogP contribution in [-0.2, 0) is 9.53 Å². The third-order valence-corrected chi connectivity index (χ3v) is 2.79. The van der Waals surface area contributed by atoms with E-state index >= 15 is 0 Å². The van der Waals surface area contributed by atoms with Gasteiger partial charge in [0.1, 0.15) is 6.11 Å². The van der Waals surface area contributed by atoms with Gasteiger partial charge < -0.3 is 14.9 Å². The topological polar surface area (TPSA) is 66.8 Å². The zero-order chi connectivity index (χ0) is 15.5. The summed E-state index contributed by atoms with van der Waals surface area (Å²) in [6.45, 7) is 2.15. The van der Waals surface area contributed by atoms with E-state index in [1.807, 2.05) is 0 Å². The average Bonchev–Trinajstić information content (AvgIpc) is 2.47. The third-order valence-electron chi connectivity index (χ3n) is 2.79. The van der Waals surface area contributed by atoms with Crippen LogP contribution in [0.2, 0.25) is 0 Å². The largest absolute Gasteiger partial charge is 0.504 e. The second-order valence-corrected chi connectivity index (χ2v) is 4.59. The van der Waals surface area contributed by atoms with Crippen molar-refractivity contribution in [2.75, 3.05) is 0 Å². The molecule has 0 bridgehead atoms. The maximum atomic E-state index is 11.4. The third kappa shape index (κ3) is 7.07. The van der Waals surface area contributed by atoms with Crippen molar-refractivity contribution < 1.29 is 19.7 Å². The lowest BCUT2D eigenvalue weighted by Gasteiger charge is -1.97. The van der Waals surface area contributed by atoms with Gasteiger partial charge in [-0.2, -0.15) is 0 Å². The Morgan fingerprint density at radius 2 is 2.05 bits per heavy atom. The van der Waals surface area contributed by atoms with Crippen molar-refractivity contribution >= 4 is 12.0 Å². The van der Waals surface area contributed by atoms with E-state index in [9.17, 15) is 9.90 Å². The molecule has 0 saturated heterocycles. The number of hydrogen-bond donors (Lipinski definition) is 2. The molecule has 0 aliphatic rings. The summed E-state index contributed by atoms with van der Waals surface area (Å²) in [6.07, 6.45) is 10.3. The van der Waals surface area contributed by atoms with Crippen molar-refractivity contribution in [1.29, 1.82) is 0 Å². The standard InChI is InChI=1S/C17H20O4/c1-2-3-4-5-6-7-12-21-17(20)11-9-14-8-10-15(18)16(19)13-14/h8-11,13,18-19H,2-6H2,1H3/b11-9+. The van der Waals surface area contributed by atoms with E-state index in [0.717, 1.165) is 19.3 Å². The molecule has 0 aliphatic carbocycles. The van der Waals surface area contributed by atoms with Crippen molar-refractivity contribution in [3.05, 3.63) is 29.8 Å². The highest BCUT2D eigenvalue weighted by Crippen LogP contribution is 2.25. The fraction of sp³-hybridized carbons (Fsp3) is 0.353. The zero-order valence-electron chi connectivity index (χ0n) is 12.1. The second kappa shape index (κ2) is 9.49. The summed E-state index contributed by atoms with van der Waals surface area (Å²) < 4.78 is 4.73. The molecule has 0 amide bonds. The summed E-state index contributed by atoms with van der Waals surface area (Å²) in [5, 5.41) is 18.5. The van der Waals surface area contributed by atoms with E-state index < -0.39 is 5.97 Å². The number of aromatic hydroxyl groups is 2. The van der Waals surface area contributed by atoms with Crippen LogP contribution < -0.4 is 0 Å². The second-order valence-electron chi connectivity index (χ2n) is 4.59. The molecule has 21 heavy (non-hydrogen) atoms. The number of carbonyl (C=O) groups excluding carboxylic acids is 1. The van der Waals surface area contributed by atoms with E-state index in [1.165, 1.54) is 37.1 Å². The van der Waals surface area contributed by atoms with Gasteiger partial charge in [-0.05, 0) is 30.2 Å². The Morgan fingerprint density at radius 3 is 2.76 bits per heavy atom. The lowest BCUT2D eigenvalue weighted by Crippen LogP contribution is -1.93. The van der Waals surface area contributed by atoms with Gasteiger partial charge in [-0.15, -0.1) is 0 Å². The minimum Gasteiger partial charge on any atom is -0.504 e. The molecule has 0 heterocycles. The minimum absolute atomic E-state index is 0.205. The lowest BCUT2D eigenvalue weighted by atomic mass is 10.2. The fourth-order valence-electron chi connectivity index (χ4n) is 1.62. The van der Waals surface area contributed by atoms with Crippen LogP contribution in [0.5, 0.6) is 11.5 Å². The molecular weight excluding hydrogens is 268 g/mol. The molecule has 0 aliphatic heterocycles. The van der Waals surface area contributed by atoms with Crippen LogP contribution in [0.3, 0.4) is 0 Å². The highest BCUT2D eigenvalue weighted by molar-refractivity contribution is 5.87. The smallest absolute Gasteiger partial charge is 0.344 e. The summed E-state index contributed by atoms with van der Waals surface area (Å²) >= 11 is 0. The average molecular weight is 288 g/mol. The van der Waals surface area contributed by atoms with Gasteiger partial charge in [-0.25, -0.2) is 4.79 Å². The van der Waals surface area contributed by atoms with Crippen molar-refractivity contribution in [2.24, 2.45) is 0 Å². The molecule has 1 aromatic carbocycles. The molecule has 1 rings (SSSR count). The predicted molar refractivity (Wildman–Crippen MR) is 81.4 cm³/mol. The molecule has 0 aromatic heterocycles. The van der Waals surface area contributed by atoms with Crippen LogP contribution in [0.25, 0.3) is 6.08 Å². The fourth-order valence-corrected chi connectivity index (χ4v) is 1.62. The zero-order valence-corrected chi connectivity index (χ0v) is 12.1. The van der Waals surface area contributed by atoms with Gasteiger partial charge in [0.2, 0.25) is 0 Å². The van der Waals surface area contributed by atoms with Crippen LogP contribution in [0, 0.1) is 12.0 Å². The van der Waals surface area contributed by atoms with Crippen molar-refractivity contribution in [3.8, 4) is 23.5 Å². The molecule has 1 aromatic rings. The van der Waals surface area contributed by atoms with Gasteiger partial charge in [0.05, 0.1) is 0 Å². The Hall–Kier alpha value is -2.41.